The Hall–Kier alpha value is -1.13. The van der Waals surface area contributed by atoms with E-state index in [0.717, 1.165) is 19.3 Å². The molecule has 4 heteroatoms. The van der Waals surface area contributed by atoms with Gasteiger partial charge in [0.1, 0.15) is 5.82 Å². The van der Waals surface area contributed by atoms with Gasteiger partial charge in [0.15, 0.2) is 0 Å². The molecule has 1 heterocycles. The summed E-state index contributed by atoms with van der Waals surface area (Å²) in [5.74, 6) is 6.01. The fraction of sp³-hybridized carbons (Fsp3) is 0.500. The lowest BCUT2D eigenvalue weighted by molar-refractivity contribution is 0.486. The molecule has 0 aliphatic carbocycles. The second kappa shape index (κ2) is 5.57. The number of aromatic nitrogens is 1. The summed E-state index contributed by atoms with van der Waals surface area (Å²) in [4.78, 5) is 3.95. The first-order chi connectivity index (χ1) is 6.76. The molecule has 1 unspecified atom stereocenters. The average molecular weight is 194 g/mol. The van der Waals surface area contributed by atoms with Gasteiger partial charge in [-0.3, -0.25) is 11.3 Å². The predicted octanol–water partition coefficient (Wildman–Crippen LogP) is 0.838. The molecule has 1 atom stereocenters. The van der Waals surface area contributed by atoms with Crippen LogP contribution in [0.3, 0.4) is 0 Å². The van der Waals surface area contributed by atoms with Gasteiger partial charge in [0.2, 0.25) is 0 Å². The van der Waals surface area contributed by atoms with Crippen LogP contribution in [-0.2, 0) is 6.42 Å². The number of hydrogen-bond donors (Lipinski definition) is 3. The molecule has 1 aromatic rings. The summed E-state index contributed by atoms with van der Waals surface area (Å²) in [6.45, 7) is 2.14. The zero-order chi connectivity index (χ0) is 10.4. The van der Waals surface area contributed by atoms with Crippen molar-refractivity contribution < 1.29 is 0 Å². The highest BCUT2D eigenvalue weighted by Gasteiger charge is 2.06. The lowest BCUT2D eigenvalue weighted by atomic mass is 10.0. The second-order valence-corrected chi connectivity index (χ2v) is 3.45. The van der Waals surface area contributed by atoms with E-state index in [1.54, 1.807) is 6.20 Å². The number of nitrogen functional groups attached to an aromatic ring is 1. The predicted molar refractivity (Wildman–Crippen MR) is 58.4 cm³/mol. The summed E-state index contributed by atoms with van der Waals surface area (Å²) in [6.07, 6.45) is 4.81. The molecule has 0 aliphatic rings. The van der Waals surface area contributed by atoms with Gasteiger partial charge >= 0.3 is 0 Å². The Labute approximate surface area is 84.7 Å². The van der Waals surface area contributed by atoms with Gasteiger partial charge < -0.3 is 5.73 Å². The molecule has 78 valence electrons. The van der Waals surface area contributed by atoms with Gasteiger partial charge in [0.05, 0.1) is 0 Å². The minimum atomic E-state index is 0.321. The molecule has 0 aromatic carbocycles. The van der Waals surface area contributed by atoms with E-state index < -0.39 is 0 Å². The maximum absolute atomic E-state index is 5.59. The Morgan fingerprint density at radius 1 is 1.57 bits per heavy atom. The molecule has 0 amide bonds. The maximum atomic E-state index is 5.59. The number of nitrogens with one attached hydrogen (secondary N) is 1. The third-order valence-corrected chi connectivity index (χ3v) is 2.20. The van der Waals surface area contributed by atoms with Crippen LogP contribution in [0, 0.1) is 0 Å². The smallest absolute Gasteiger partial charge is 0.123 e. The standard InChI is InChI=1S/C10H18N4/c1-2-3-9(14-12)6-8-4-5-13-10(11)7-8/h4-5,7,9,14H,2-3,6,12H2,1H3,(H2,11,13). The highest BCUT2D eigenvalue weighted by atomic mass is 15.2. The zero-order valence-electron chi connectivity index (χ0n) is 8.53. The Balaban J connectivity index is 2.57. The summed E-state index contributed by atoms with van der Waals surface area (Å²) in [6, 6.07) is 4.18. The van der Waals surface area contributed by atoms with Crippen LogP contribution in [0.4, 0.5) is 5.82 Å². The van der Waals surface area contributed by atoms with E-state index in [0.29, 0.717) is 11.9 Å². The number of hydrogen-bond acceptors (Lipinski definition) is 4. The monoisotopic (exact) mass is 194 g/mol. The molecule has 4 nitrogen and oxygen atoms in total. The molecule has 5 N–H and O–H groups in total. The van der Waals surface area contributed by atoms with E-state index in [9.17, 15) is 0 Å². The number of anilines is 1. The van der Waals surface area contributed by atoms with Gasteiger partial charge in [-0.25, -0.2) is 4.98 Å². The van der Waals surface area contributed by atoms with Gasteiger partial charge in [-0.05, 0) is 30.5 Å². The quantitative estimate of drug-likeness (QED) is 0.479. The fourth-order valence-electron chi connectivity index (χ4n) is 1.50. The number of nitrogens with zero attached hydrogens (tertiary/aromatic N) is 1. The van der Waals surface area contributed by atoms with Crippen molar-refractivity contribution in [1.29, 1.82) is 0 Å². The SMILES string of the molecule is CCCC(Cc1ccnc(N)c1)NN. The third kappa shape index (κ3) is 3.32. The van der Waals surface area contributed by atoms with Crippen LogP contribution in [0.5, 0.6) is 0 Å². The molecule has 0 bridgehead atoms. The van der Waals surface area contributed by atoms with E-state index in [1.165, 1.54) is 5.56 Å². The molecular weight excluding hydrogens is 176 g/mol. The molecule has 0 aliphatic heterocycles. The average Bonchev–Trinajstić information content (AvgIpc) is 2.17. The fourth-order valence-corrected chi connectivity index (χ4v) is 1.50. The Morgan fingerprint density at radius 3 is 2.93 bits per heavy atom. The van der Waals surface area contributed by atoms with Crippen LogP contribution in [0.1, 0.15) is 25.3 Å². The molecular formula is C10H18N4. The van der Waals surface area contributed by atoms with Gasteiger partial charge in [-0.2, -0.15) is 0 Å². The van der Waals surface area contributed by atoms with Crippen LogP contribution < -0.4 is 17.0 Å². The van der Waals surface area contributed by atoms with Crippen molar-refractivity contribution in [2.75, 3.05) is 5.73 Å². The molecule has 1 rings (SSSR count). The second-order valence-electron chi connectivity index (χ2n) is 3.45. The molecule has 14 heavy (non-hydrogen) atoms. The van der Waals surface area contributed by atoms with Crippen LogP contribution >= 0.6 is 0 Å². The lowest BCUT2D eigenvalue weighted by Crippen LogP contribution is -2.36. The highest BCUT2D eigenvalue weighted by Crippen LogP contribution is 2.08. The number of hydrazine groups is 1. The summed E-state index contributed by atoms with van der Waals surface area (Å²) >= 11 is 0. The van der Waals surface area contributed by atoms with E-state index in [2.05, 4.69) is 17.3 Å². The van der Waals surface area contributed by atoms with Crippen molar-refractivity contribution in [3.63, 3.8) is 0 Å². The normalized spacial score (nSPS) is 12.7. The molecule has 0 radical (unpaired) electrons. The molecule has 0 saturated carbocycles. The molecule has 0 spiro atoms. The topological polar surface area (TPSA) is 77.0 Å². The highest BCUT2D eigenvalue weighted by molar-refractivity contribution is 5.32. The van der Waals surface area contributed by atoms with Crippen LogP contribution in [0.25, 0.3) is 0 Å². The van der Waals surface area contributed by atoms with Gasteiger partial charge in [-0.15, -0.1) is 0 Å². The van der Waals surface area contributed by atoms with Crippen molar-refractivity contribution in [2.24, 2.45) is 5.84 Å². The lowest BCUT2D eigenvalue weighted by Gasteiger charge is -2.14. The Morgan fingerprint density at radius 2 is 2.36 bits per heavy atom. The minimum absolute atomic E-state index is 0.321. The first-order valence-electron chi connectivity index (χ1n) is 4.92. The summed E-state index contributed by atoms with van der Waals surface area (Å²) in [7, 11) is 0. The van der Waals surface area contributed by atoms with Crippen LogP contribution in [0.15, 0.2) is 18.3 Å². The van der Waals surface area contributed by atoms with Gasteiger partial charge in [-0.1, -0.05) is 13.3 Å². The van der Waals surface area contributed by atoms with Crippen LogP contribution in [-0.4, -0.2) is 11.0 Å². The molecule has 0 fully saturated rings. The number of pyridine rings is 1. The van der Waals surface area contributed by atoms with Gasteiger partial charge in [0, 0.05) is 12.2 Å². The number of rotatable bonds is 5. The third-order valence-electron chi connectivity index (χ3n) is 2.20. The van der Waals surface area contributed by atoms with Crippen molar-refractivity contribution in [2.45, 2.75) is 32.2 Å². The van der Waals surface area contributed by atoms with E-state index in [-0.39, 0.29) is 0 Å². The van der Waals surface area contributed by atoms with E-state index >= 15 is 0 Å². The largest absolute Gasteiger partial charge is 0.384 e. The molecule has 1 aromatic heterocycles. The van der Waals surface area contributed by atoms with E-state index in [4.69, 9.17) is 11.6 Å². The summed E-state index contributed by atoms with van der Waals surface area (Å²) in [5.41, 5.74) is 9.57. The van der Waals surface area contributed by atoms with Crippen LogP contribution in [0.2, 0.25) is 0 Å². The van der Waals surface area contributed by atoms with Gasteiger partial charge in [0.25, 0.3) is 0 Å². The summed E-state index contributed by atoms with van der Waals surface area (Å²) in [5, 5.41) is 0. The Bertz CT molecular complexity index is 275. The Kier molecular flexibility index (Phi) is 4.35. The van der Waals surface area contributed by atoms with Crippen molar-refractivity contribution >= 4 is 5.82 Å². The van der Waals surface area contributed by atoms with Crippen molar-refractivity contribution in [1.82, 2.24) is 10.4 Å². The zero-order valence-corrected chi connectivity index (χ0v) is 8.53. The minimum Gasteiger partial charge on any atom is -0.384 e. The summed E-state index contributed by atoms with van der Waals surface area (Å²) < 4.78 is 0. The number of nitrogens with two attached hydrogens (primary N) is 2. The van der Waals surface area contributed by atoms with Crippen molar-refractivity contribution in [3.8, 4) is 0 Å². The first-order valence-corrected chi connectivity index (χ1v) is 4.92. The molecule has 0 saturated heterocycles. The first kappa shape index (κ1) is 10.9. The maximum Gasteiger partial charge on any atom is 0.123 e. The van der Waals surface area contributed by atoms with E-state index in [1.807, 2.05) is 12.1 Å². The van der Waals surface area contributed by atoms with Crippen molar-refractivity contribution in [3.05, 3.63) is 23.9 Å².